The van der Waals surface area contributed by atoms with Gasteiger partial charge >= 0.3 is 0 Å². The molecule has 0 spiro atoms. The molecule has 0 saturated heterocycles. The molecule has 19 heavy (non-hydrogen) atoms. The van der Waals surface area contributed by atoms with Gasteiger partial charge in [0.1, 0.15) is 29.5 Å². The van der Waals surface area contributed by atoms with E-state index in [1.54, 1.807) is 10.6 Å². The summed E-state index contributed by atoms with van der Waals surface area (Å²) in [6.45, 7) is 0.760. The fourth-order valence-corrected chi connectivity index (χ4v) is 1.91. The normalized spacial score (nSPS) is 11.0. The molecule has 0 amide bonds. The van der Waals surface area contributed by atoms with Crippen LogP contribution in [0.1, 0.15) is 12.2 Å². The van der Waals surface area contributed by atoms with Gasteiger partial charge in [-0.2, -0.15) is 24.7 Å². The van der Waals surface area contributed by atoms with E-state index in [1.165, 1.54) is 12.7 Å². The van der Waals surface area contributed by atoms with E-state index < -0.39 is 0 Å². The third-order valence-electron chi connectivity index (χ3n) is 2.58. The van der Waals surface area contributed by atoms with E-state index in [0.717, 1.165) is 31.0 Å². The minimum absolute atomic E-state index is 0.387. The summed E-state index contributed by atoms with van der Waals surface area (Å²) in [7, 11) is 0. The number of H-pyrrole nitrogens is 1. The number of aromatic amines is 1. The molecule has 8 nitrogen and oxygen atoms in total. The quantitative estimate of drug-likeness (QED) is 0.532. The Kier molecular flexibility index (Phi) is 3.23. The lowest BCUT2D eigenvalue weighted by Crippen LogP contribution is -2.08. The lowest BCUT2D eigenvalue weighted by molar-refractivity contribution is 0.797. The first-order valence-electron chi connectivity index (χ1n) is 5.77. The van der Waals surface area contributed by atoms with Gasteiger partial charge in [0.05, 0.1) is 0 Å². The van der Waals surface area contributed by atoms with Crippen molar-refractivity contribution in [1.82, 2.24) is 34.8 Å². The van der Waals surface area contributed by atoms with E-state index in [2.05, 4.69) is 35.6 Å². The van der Waals surface area contributed by atoms with Gasteiger partial charge in [0.15, 0.2) is 0 Å². The van der Waals surface area contributed by atoms with Crippen molar-refractivity contribution >= 4 is 23.2 Å². The van der Waals surface area contributed by atoms with Gasteiger partial charge in [-0.3, -0.25) is 5.10 Å². The van der Waals surface area contributed by atoms with E-state index in [4.69, 9.17) is 11.6 Å². The number of rotatable bonds is 5. The molecule has 3 heterocycles. The first-order valence-corrected chi connectivity index (χ1v) is 6.15. The van der Waals surface area contributed by atoms with E-state index in [-0.39, 0.29) is 0 Å². The Labute approximate surface area is 113 Å². The van der Waals surface area contributed by atoms with Crippen LogP contribution in [0.3, 0.4) is 0 Å². The summed E-state index contributed by atoms with van der Waals surface area (Å²) in [4.78, 5) is 12.1. The van der Waals surface area contributed by atoms with Crippen LogP contribution >= 0.6 is 11.6 Å². The SMILES string of the molecule is Clc1cc(NCCCc2ncn[nH]2)n2ncnc2n1. The van der Waals surface area contributed by atoms with Crippen LogP contribution in [-0.4, -0.2) is 41.3 Å². The molecular formula is C10H11ClN8. The van der Waals surface area contributed by atoms with Crippen LogP contribution < -0.4 is 5.32 Å². The average Bonchev–Trinajstić information content (AvgIpc) is 3.04. The summed E-state index contributed by atoms with van der Waals surface area (Å²) in [6, 6.07) is 1.72. The third kappa shape index (κ3) is 2.63. The topological polar surface area (TPSA) is 96.7 Å². The molecule has 0 aliphatic rings. The van der Waals surface area contributed by atoms with Gasteiger partial charge in [0.2, 0.25) is 0 Å². The van der Waals surface area contributed by atoms with E-state index in [0.29, 0.717) is 10.9 Å². The van der Waals surface area contributed by atoms with Gasteiger partial charge < -0.3 is 5.32 Å². The lowest BCUT2D eigenvalue weighted by Gasteiger charge is -2.07. The van der Waals surface area contributed by atoms with Gasteiger partial charge in [-0.25, -0.2) is 4.98 Å². The predicted molar refractivity (Wildman–Crippen MR) is 69.0 cm³/mol. The minimum Gasteiger partial charge on any atom is -0.370 e. The molecule has 98 valence electrons. The monoisotopic (exact) mass is 278 g/mol. The number of aromatic nitrogens is 7. The molecule has 2 N–H and O–H groups in total. The highest BCUT2D eigenvalue weighted by Crippen LogP contribution is 2.14. The maximum Gasteiger partial charge on any atom is 0.255 e. The fourth-order valence-electron chi connectivity index (χ4n) is 1.73. The number of halogens is 1. The Morgan fingerprint density at radius 1 is 1.32 bits per heavy atom. The van der Waals surface area contributed by atoms with Crippen LogP contribution in [0, 0.1) is 0 Å². The van der Waals surface area contributed by atoms with Crippen molar-refractivity contribution in [3.8, 4) is 0 Å². The van der Waals surface area contributed by atoms with Crippen LogP contribution in [0.2, 0.25) is 5.15 Å². The van der Waals surface area contributed by atoms with Crippen molar-refractivity contribution < 1.29 is 0 Å². The summed E-state index contributed by atoms with van der Waals surface area (Å²) in [5.41, 5.74) is 0. The first kappa shape index (κ1) is 11.8. The Hall–Kier alpha value is -2.22. The molecule has 3 rings (SSSR count). The third-order valence-corrected chi connectivity index (χ3v) is 2.78. The summed E-state index contributed by atoms with van der Waals surface area (Å²) in [5, 5.41) is 14.3. The second-order valence-corrected chi connectivity index (χ2v) is 4.29. The van der Waals surface area contributed by atoms with E-state index >= 15 is 0 Å². The molecule has 0 aliphatic heterocycles. The number of nitrogens with zero attached hydrogens (tertiary/aromatic N) is 6. The van der Waals surface area contributed by atoms with Crippen LogP contribution in [0.5, 0.6) is 0 Å². The van der Waals surface area contributed by atoms with Gasteiger partial charge in [-0.1, -0.05) is 11.6 Å². The molecule has 9 heteroatoms. The minimum atomic E-state index is 0.387. The highest BCUT2D eigenvalue weighted by molar-refractivity contribution is 6.29. The highest BCUT2D eigenvalue weighted by atomic mass is 35.5. The standard InChI is InChI=1S/C10H11ClN8/c11-7-4-9(19-10(17-7)14-6-16-19)12-3-1-2-8-13-5-15-18-8/h4-6,12H,1-3H2,(H,13,15,18). The molecular weight excluding hydrogens is 268 g/mol. The highest BCUT2D eigenvalue weighted by Gasteiger charge is 2.05. The van der Waals surface area contributed by atoms with Gasteiger partial charge in [-0.05, 0) is 6.42 Å². The first-order chi connectivity index (χ1) is 9.33. The number of anilines is 1. The number of hydrogen-bond donors (Lipinski definition) is 2. The molecule has 0 atom stereocenters. The van der Waals surface area contributed by atoms with Gasteiger partial charge in [0, 0.05) is 19.0 Å². The lowest BCUT2D eigenvalue weighted by atomic mass is 10.3. The van der Waals surface area contributed by atoms with Gasteiger partial charge in [0.25, 0.3) is 5.78 Å². The van der Waals surface area contributed by atoms with Crippen molar-refractivity contribution in [2.75, 3.05) is 11.9 Å². The molecule has 0 saturated carbocycles. The Bertz CT molecular complexity index is 661. The molecule has 0 radical (unpaired) electrons. The zero-order valence-corrected chi connectivity index (χ0v) is 10.7. The van der Waals surface area contributed by atoms with Crippen molar-refractivity contribution in [3.05, 3.63) is 29.7 Å². The van der Waals surface area contributed by atoms with Crippen LogP contribution in [0.25, 0.3) is 5.78 Å². The second-order valence-electron chi connectivity index (χ2n) is 3.90. The molecule has 0 fully saturated rings. The summed E-state index contributed by atoms with van der Waals surface area (Å²) in [6.07, 6.45) is 4.68. The van der Waals surface area contributed by atoms with E-state index in [1.807, 2.05) is 0 Å². The Morgan fingerprint density at radius 2 is 2.26 bits per heavy atom. The maximum absolute atomic E-state index is 5.92. The van der Waals surface area contributed by atoms with Crippen molar-refractivity contribution in [2.24, 2.45) is 0 Å². The van der Waals surface area contributed by atoms with Crippen LogP contribution in [0.4, 0.5) is 5.82 Å². The molecule has 0 bridgehead atoms. The smallest absolute Gasteiger partial charge is 0.255 e. The van der Waals surface area contributed by atoms with Gasteiger partial charge in [-0.15, -0.1) is 0 Å². The van der Waals surface area contributed by atoms with Crippen LogP contribution in [0.15, 0.2) is 18.7 Å². The summed E-state index contributed by atoms with van der Waals surface area (Å²) >= 11 is 5.92. The summed E-state index contributed by atoms with van der Waals surface area (Å²) < 4.78 is 1.61. The molecule has 3 aromatic heterocycles. The van der Waals surface area contributed by atoms with Crippen LogP contribution in [-0.2, 0) is 6.42 Å². The van der Waals surface area contributed by atoms with Crippen molar-refractivity contribution in [1.29, 1.82) is 0 Å². The molecule has 0 aliphatic carbocycles. The second kappa shape index (κ2) is 5.19. The number of hydrogen-bond acceptors (Lipinski definition) is 6. The maximum atomic E-state index is 5.92. The zero-order valence-electron chi connectivity index (χ0n) is 9.91. The summed E-state index contributed by atoms with van der Waals surface area (Å²) in [5.74, 6) is 2.12. The van der Waals surface area contributed by atoms with E-state index in [9.17, 15) is 0 Å². The van der Waals surface area contributed by atoms with Crippen molar-refractivity contribution in [3.63, 3.8) is 0 Å². The fraction of sp³-hybridized carbons (Fsp3) is 0.300. The average molecular weight is 279 g/mol. The molecule has 3 aromatic rings. The number of nitrogens with one attached hydrogen (secondary N) is 2. The zero-order chi connectivity index (χ0) is 13.1. The number of fused-ring (bicyclic) bond motifs is 1. The molecule has 0 unspecified atom stereocenters. The number of aryl methyl sites for hydroxylation is 1. The Balaban J connectivity index is 1.63. The predicted octanol–water partition coefficient (Wildman–Crippen LogP) is 0.940. The van der Waals surface area contributed by atoms with Crippen molar-refractivity contribution in [2.45, 2.75) is 12.8 Å². The Morgan fingerprint density at radius 3 is 3.11 bits per heavy atom. The largest absolute Gasteiger partial charge is 0.370 e. The molecule has 0 aromatic carbocycles.